The van der Waals surface area contributed by atoms with E-state index >= 15 is 0 Å². The van der Waals surface area contributed by atoms with Gasteiger partial charge in [0.25, 0.3) is 5.91 Å². The first-order chi connectivity index (χ1) is 12.0. The predicted octanol–water partition coefficient (Wildman–Crippen LogP) is 3.44. The number of carbonyl (C=O) groups excluding carboxylic acids is 1. The minimum atomic E-state index is 0.0645. The molecule has 1 saturated heterocycles. The topological polar surface area (TPSA) is 51.7 Å². The molecule has 1 fully saturated rings. The van der Waals surface area contributed by atoms with Crippen LogP contribution in [0.4, 0.5) is 0 Å². The van der Waals surface area contributed by atoms with Gasteiger partial charge in [-0.3, -0.25) is 9.78 Å². The molecule has 5 heteroatoms. The lowest BCUT2D eigenvalue weighted by Crippen LogP contribution is -2.49. The second-order valence-electron chi connectivity index (χ2n) is 7.05. The molecule has 1 aliphatic heterocycles. The summed E-state index contributed by atoms with van der Waals surface area (Å²) >= 11 is 0. The van der Waals surface area contributed by atoms with Crippen LogP contribution < -0.4 is 4.74 Å². The number of hydrogen-bond acceptors (Lipinski definition) is 4. The van der Waals surface area contributed by atoms with Crippen LogP contribution in [0.2, 0.25) is 0 Å². The molecular formula is C20H26N2O3. The van der Waals surface area contributed by atoms with Crippen molar-refractivity contribution in [3.8, 4) is 5.75 Å². The number of ether oxygens (including phenoxy) is 2. The van der Waals surface area contributed by atoms with Gasteiger partial charge in [0.15, 0.2) is 0 Å². The Kier molecular flexibility index (Phi) is 5.23. The number of aryl methyl sites for hydroxylation is 1. The molecule has 0 saturated carbocycles. The van der Waals surface area contributed by atoms with Crippen LogP contribution in [0.15, 0.2) is 24.3 Å². The number of nitrogens with zero attached hydrogens (tertiary/aromatic N) is 2. The van der Waals surface area contributed by atoms with Gasteiger partial charge >= 0.3 is 0 Å². The number of methoxy groups -OCH3 is 1. The van der Waals surface area contributed by atoms with Crippen LogP contribution in [-0.2, 0) is 4.74 Å². The van der Waals surface area contributed by atoms with Gasteiger partial charge in [0.05, 0.1) is 37.4 Å². The molecule has 0 N–H and O–H groups in total. The Morgan fingerprint density at radius 1 is 1.40 bits per heavy atom. The molecule has 3 rings (SSSR count). The number of benzene rings is 1. The molecule has 0 spiro atoms. The monoisotopic (exact) mass is 342 g/mol. The van der Waals surface area contributed by atoms with Gasteiger partial charge in [0.2, 0.25) is 0 Å². The summed E-state index contributed by atoms with van der Waals surface area (Å²) < 4.78 is 10.9. The Balaban J connectivity index is 2.00. The number of carbonyl (C=O) groups is 1. The summed E-state index contributed by atoms with van der Waals surface area (Å²) in [4.78, 5) is 19.9. The van der Waals surface area contributed by atoms with Crippen molar-refractivity contribution in [3.63, 3.8) is 0 Å². The number of aromatic nitrogens is 1. The third-order valence-electron chi connectivity index (χ3n) is 4.61. The highest BCUT2D eigenvalue weighted by Crippen LogP contribution is 2.26. The normalized spacial score (nSPS) is 18.0. The van der Waals surface area contributed by atoms with Crippen molar-refractivity contribution in [2.75, 3.05) is 26.9 Å². The molecule has 1 unspecified atom stereocenters. The lowest BCUT2D eigenvalue weighted by molar-refractivity contribution is -0.00737. The van der Waals surface area contributed by atoms with E-state index in [-0.39, 0.29) is 11.9 Å². The summed E-state index contributed by atoms with van der Waals surface area (Å²) in [5.41, 5.74) is 2.33. The molecule has 25 heavy (non-hydrogen) atoms. The SMILES string of the molecule is COc1ccc2c(C(=O)N3CCOCC3CC(C)C)cc(C)nc2c1. The number of hydrogen-bond donors (Lipinski definition) is 0. The van der Waals surface area contributed by atoms with Crippen LogP contribution >= 0.6 is 0 Å². The number of fused-ring (bicyclic) bond motifs is 1. The van der Waals surface area contributed by atoms with Gasteiger partial charge in [-0.05, 0) is 37.5 Å². The van der Waals surface area contributed by atoms with Crippen LogP contribution in [-0.4, -0.2) is 48.7 Å². The molecule has 0 bridgehead atoms. The van der Waals surface area contributed by atoms with E-state index in [0.717, 1.165) is 28.8 Å². The maximum atomic E-state index is 13.3. The zero-order chi connectivity index (χ0) is 18.0. The van der Waals surface area contributed by atoms with Gasteiger partial charge < -0.3 is 14.4 Å². The summed E-state index contributed by atoms with van der Waals surface area (Å²) in [6.45, 7) is 8.11. The molecule has 0 radical (unpaired) electrons. The molecule has 1 aliphatic rings. The fraction of sp³-hybridized carbons (Fsp3) is 0.500. The van der Waals surface area contributed by atoms with Crippen molar-refractivity contribution in [2.24, 2.45) is 5.92 Å². The predicted molar refractivity (Wildman–Crippen MR) is 98.1 cm³/mol. The van der Waals surface area contributed by atoms with Crippen LogP contribution in [0.3, 0.4) is 0 Å². The van der Waals surface area contributed by atoms with Gasteiger partial charge in [-0.2, -0.15) is 0 Å². The van der Waals surface area contributed by atoms with Gasteiger partial charge in [-0.15, -0.1) is 0 Å². The zero-order valence-corrected chi connectivity index (χ0v) is 15.4. The smallest absolute Gasteiger partial charge is 0.255 e. The van der Waals surface area contributed by atoms with Gasteiger partial charge in [-0.25, -0.2) is 0 Å². The third-order valence-corrected chi connectivity index (χ3v) is 4.61. The van der Waals surface area contributed by atoms with Crippen LogP contribution in [0, 0.1) is 12.8 Å². The third kappa shape index (κ3) is 3.76. The van der Waals surface area contributed by atoms with Crippen molar-refractivity contribution in [1.82, 2.24) is 9.88 Å². The minimum Gasteiger partial charge on any atom is -0.497 e. The van der Waals surface area contributed by atoms with Crippen molar-refractivity contribution >= 4 is 16.8 Å². The Hall–Kier alpha value is -2.14. The van der Waals surface area contributed by atoms with Crippen LogP contribution in [0.5, 0.6) is 5.75 Å². The van der Waals surface area contributed by atoms with E-state index in [0.29, 0.717) is 31.2 Å². The summed E-state index contributed by atoms with van der Waals surface area (Å²) in [7, 11) is 1.63. The maximum Gasteiger partial charge on any atom is 0.255 e. The first kappa shape index (κ1) is 17.7. The highest BCUT2D eigenvalue weighted by Gasteiger charge is 2.29. The van der Waals surface area contributed by atoms with E-state index in [1.165, 1.54) is 0 Å². The number of rotatable bonds is 4. The Morgan fingerprint density at radius 2 is 2.20 bits per heavy atom. The molecule has 1 amide bonds. The lowest BCUT2D eigenvalue weighted by Gasteiger charge is -2.37. The second-order valence-corrected chi connectivity index (χ2v) is 7.05. The molecule has 1 aromatic heterocycles. The van der Waals surface area contributed by atoms with E-state index in [2.05, 4.69) is 18.8 Å². The molecule has 1 atom stereocenters. The van der Waals surface area contributed by atoms with E-state index in [1.807, 2.05) is 36.1 Å². The fourth-order valence-electron chi connectivity index (χ4n) is 3.46. The standard InChI is InChI=1S/C20H26N2O3/c1-13(2)9-15-12-25-8-7-22(15)20(23)18-10-14(3)21-19-11-16(24-4)5-6-17(18)19/h5-6,10-11,13,15H,7-9,12H2,1-4H3. The van der Waals surface area contributed by atoms with Crippen molar-refractivity contribution in [1.29, 1.82) is 0 Å². The number of morpholine rings is 1. The maximum absolute atomic E-state index is 13.3. The summed E-state index contributed by atoms with van der Waals surface area (Å²) in [5.74, 6) is 1.32. The van der Waals surface area contributed by atoms with Crippen LogP contribution in [0.25, 0.3) is 10.9 Å². The Labute approximate surface area is 148 Å². The first-order valence-electron chi connectivity index (χ1n) is 8.83. The molecular weight excluding hydrogens is 316 g/mol. The fourth-order valence-corrected chi connectivity index (χ4v) is 3.46. The van der Waals surface area contributed by atoms with E-state index in [1.54, 1.807) is 7.11 Å². The highest BCUT2D eigenvalue weighted by molar-refractivity contribution is 6.06. The highest BCUT2D eigenvalue weighted by atomic mass is 16.5. The largest absolute Gasteiger partial charge is 0.497 e. The average molecular weight is 342 g/mol. The van der Waals surface area contributed by atoms with Gasteiger partial charge in [0, 0.05) is 23.7 Å². The summed E-state index contributed by atoms with van der Waals surface area (Å²) in [5, 5.41) is 0.867. The molecule has 1 aromatic carbocycles. The molecule has 2 heterocycles. The zero-order valence-electron chi connectivity index (χ0n) is 15.4. The quantitative estimate of drug-likeness (QED) is 0.854. The average Bonchev–Trinajstić information content (AvgIpc) is 2.59. The van der Waals surface area contributed by atoms with Crippen LogP contribution in [0.1, 0.15) is 36.3 Å². The van der Waals surface area contributed by atoms with Crippen molar-refractivity contribution in [3.05, 3.63) is 35.5 Å². The van der Waals surface area contributed by atoms with Gasteiger partial charge in [0.1, 0.15) is 5.75 Å². The summed E-state index contributed by atoms with van der Waals surface area (Å²) in [6.07, 6.45) is 0.946. The molecule has 2 aromatic rings. The molecule has 5 nitrogen and oxygen atoms in total. The minimum absolute atomic E-state index is 0.0645. The lowest BCUT2D eigenvalue weighted by atomic mass is 10.00. The van der Waals surface area contributed by atoms with Crippen molar-refractivity contribution < 1.29 is 14.3 Å². The second kappa shape index (κ2) is 7.40. The number of pyridine rings is 1. The first-order valence-corrected chi connectivity index (χ1v) is 8.83. The Morgan fingerprint density at radius 3 is 2.92 bits per heavy atom. The number of amides is 1. The Bertz CT molecular complexity index is 773. The van der Waals surface area contributed by atoms with E-state index in [9.17, 15) is 4.79 Å². The molecule has 0 aliphatic carbocycles. The van der Waals surface area contributed by atoms with E-state index in [4.69, 9.17) is 9.47 Å². The summed E-state index contributed by atoms with van der Waals surface area (Å²) in [6, 6.07) is 7.69. The van der Waals surface area contributed by atoms with Gasteiger partial charge in [-0.1, -0.05) is 13.8 Å². The van der Waals surface area contributed by atoms with E-state index < -0.39 is 0 Å². The molecule has 134 valence electrons. The van der Waals surface area contributed by atoms with Crippen molar-refractivity contribution in [2.45, 2.75) is 33.2 Å².